The fourth-order valence-electron chi connectivity index (χ4n) is 4.67. The monoisotopic (exact) mass is 417 g/mol. The Hall–Kier alpha value is -3.55. The maximum absolute atomic E-state index is 13.2. The van der Waals surface area contributed by atoms with Crippen LogP contribution in [-0.2, 0) is 12.0 Å². The third-order valence-electron chi connectivity index (χ3n) is 6.36. The summed E-state index contributed by atoms with van der Waals surface area (Å²) < 4.78 is 6.92. The van der Waals surface area contributed by atoms with Gasteiger partial charge in [0.15, 0.2) is 5.69 Å². The quantitative estimate of drug-likeness (QED) is 0.649. The Bertz CT molecular complexity index is 1220. The fourth-order valence-corrected chi connectivity index (χ4v) is 4.67. The lowest BCUT2D eigenvalue weighted by molar-refractivity contribution is 0.0782. The maximum atomic E-state index is 13.2. The Balaban J connectivity index is 1.44. The van der Waals surface area contributed by atoms with Gasteiger partial charge in [-0.2, -0.15) is 0 Å². The molecule has 3 aromatic rings. The minimum atomic E-state index is -0.322. The van der Waals surface area contributed by atoms with E-state index in [-0.39, 0.29) is 16.9 Å². The van der Waals surface area contributed by atoms with E-state index in [0.717, 1.165) is 24.2 Å². The van der Waals surface area contributed by atoms with Gasteiger partial charge < -0.3 is 9.64 Å². The number of rotatable bonds is 3. The Kier molecular flexibility index (Phi) is 4.57. The number of hydrogen-bond donors (Lipinski definition) is 0. The Morgan fingerprint density at radius 1 is 1.10 bits per heavy atom. The molecule has 0 radical (unpaired) electrons. The first-order valence-corrected chi connectivity index (χ1v) is 10.3. The van der Waals surface area contributed by atoms with Gasteiger partial charge in [0.2, 0.25) is 0 Å². The summed E-state index contributed by atoms with van der Waals surface area (Å²) in [5.74, 6) is 1.38. The van der Waals surface area contributed by atoms with E-state index in [9.17, 15) is 9.59 Å². The predicted octanol–water partition coefficient (Wildman–Crippen LogP) is 2.20. The van der Waals surface area contributed by atoms with E-state index < -0.39 is 0 Å². The van der Waals surface area contributed by atoms with Crippen LogP contribution in [-0.4, -0.2) is 50.8 Å². The highest BCUT2D eigenvalue weighted by molar-refractivity contribution is 5.94. The molecule has 0 bridgehead atoms. The molecule has 2 aliphatic heterocycles. The van der Waals surface area contributed by atoms with Crippen molar-refractivity contribution < 1.29 is 9.53 Å². The van der Waals surface area contributed by atoms with Crippen LogP contribution in [0.15, 0.2) is 47.5 Å². The van der Waals surface area contributed by atoms with Crippen molar-refractivity contribution in [1.82, 2.24) is 24.6 Å². The fraction of sp³-hybridized carbons (Fsp3) is 0.348. The zero-order chi connectivity index (χ0) is 21.6. The van der Waals surface area contributed by atoms with E-state index in [2.05, 4.69) is 15.2 Å². The number of nitrogens with zero attached hydrogens (tertiary/aromatic N) is 5. The smallest absolute Gasteiger partial charge is 0.280 e. The predicted molar refractivity (Wildman–Crippen MR) is 114 cm³/mol. The first-order chi connectivity index (χ1) is 15.0. The largest absolute Gasteiger partial charge is 0.497 e. The van der Waals surface area contributed by atoms with Crippen LogP contribution in [0.3, 0.4) is 0 Å². The van der Waals surface area contributed by atoms with E-state index in [1.54, 1.807) is 36.2 Å². The van der Waals surface area contributed by atoms with E-state index in [0.29, 0.717) is 42.3 Å². The molecule has 2 aromatic heterocycles. The van der Waals surface area contributed by atoms with Crippen LogP contribution >= 0.6 is 0 Å². The number of aromatic nitrogens is 4. The molecule has 1 amide bonds. The molecule has 5 rings (SSSR count). The summed E-state index contributed by atoms with van der Waals surface area (Å²) in [6.45, 7) is 3.67. The van der Waals surface area contributed by atoms with Gasteiger partial charge in [0.05, 0.1) is 18.1 Å². The summed E-state index contributed by atoms with van der Waals surface area (Å²) >= 11 is 0. The second-order valence-corrected chi connectivity index (χ2v) is 8.32. The molecule has 1 atom stereocenters. The highest BCUT2D eigenvalue weighted by atomic mass is 16.5. The Labute approximate surface area is 179 Å². The zero-order valence-electron chi connectivity index (χ0n) is 17.5. The number of benzene rings is 1. The number of carbonyl (C=O) groups excluding carboxylic acids is 1. The van der Waals surface area contributed by atoms with Crippen molar-refractivity contribution in [2.24, 2.45) is 0 Å². The van der Waals surface area contributed by atoms with Crippen LogP contribution in [0.5, 0.6) is 5.75 Å². The van der Waals surface area contributed by atoms with E-state index in [1.807, 2.05) is 30.0 Å². The first-order valence-electron chi connectivity index (χ1n) is 10.3. The van der Waals surface area contributed by atoms with Crippen LogP contribution in [0.2, 0.25) is 0 Å². The van der Waals surface area contributed by atoms with Gasteiger partial charge >= 0.3 is 0 Å². The molecular formula is C23H23N5O3. The van der Waals surface area contributed by atoms with Gasteiger partial charge in [0.1, 0.15) is 11.6 Å². The van der Waals surface area contributed by atoms with Gasteiger partial charge in [-0.1, -0.05) is 0 Å². The molecule has 0 unspecified atom stereocenters. The molecule has 8 heteroatoms. The van der Waals surface area contributed by atoms with Crippen LogP contribution in [0.4, 0.5) is 0 Å². The summed E-state index contributed by atoms with van der Waals surface area (Å²) in [6, 6.07) is 9.09. The van der Waals surface area contributed by atoms with Crippen molar-refractivity contribution in [3.63, 3.8) is 0 Å². The van der Waals surface area contributed by atoms with Crippen molar-refractivity contribution in [2.45, 2.75) is 31.7 Å². The maximum Gasteiger partial charge on any atom is 0.280 e. The third-order valence-corrected chi connectivity index (χ3v) is 6.36. The molecule has 158 valence electrons. The summed E-state index contributed by atoms with van der Waals surface area (Å²) in [4.78, 5) is 32.1. The summed E-state index contributed by atoms with van der Waals surface area (Å²) in [7, 11) is 1.60. The van der Waals surface area contributed by atoms with Crippen LogP contribution in [0, 0.1) is 6.92 Å². The first kappa shape index (κ1) is 19.4. The van der Waals surface area contributed by atoms with Crippen molar-refractivity contribution in [3.05, 3.63) is 70.0 Å². The van der Waals surface area contributed by atoms with Gasteiger partial charge in [0.25, 0.3) is 11.5 Å². The van der Waals surface area contributed by atoms with Crippen molar-refractivity contribution >= 4 is 5.91 Å². The molecule has 8 nitrogen and oxygen atoms in total. The molecule has 0 saturated carbocycles. The highest BCUT2D eigenvalue weighted by Gasteiger charge is 2.48. The second-order valence-electron chi connectivity index (χ2n) is 8.32. The normalized spacial score (nSPS) is 19.6. The van der Waals surface area contributed by atoms with Crippen molar-refractivity contribution in [3.8, 4) is 17.0 Å². The molecule has 1 spiro atoms. The average Bonchev–Trinajstić information content (AvgIpc) is 3.39. The molecule has 2 aliphatic rings. The van der Waals surface area contributed by atoms with Gasteiger partial charge in [-0.05, 0) is 55.7 Å². The second kappa shape index (κ2) is 7.30. The van der Waals surface area contributed by atoms with E-state index >= 15 is 0 Å². The lowest BCUT2D eigenvalue weighted by Gasteiger charge is -2.23. The number of hydrogen-bond acceptors (Lipinski definition) is 6. The molecule has 1 fully saturated rings. The number of amides is 1. The minimum Gasteiger partial charge on any atom is -0.497 e. The lowest BCUT2D eigenvalue weighted by Crippen LogP contribution is -2.35. The Morgan fingerprint density at radius 3 is 2.61 bits per heavy atom. The van der Waals surface area contributed by atoms with E-state index in [4.69, 9.17) is 4.74 Å². The topological polar surface area (TPSA) is 90.2 Å². The number of ether oxygens (including phenoxy) is 1. The standard InChI is InChI=1S/C23H23N5O3/c1-15-11-17(13-24-12-15)20(29)27-9-7-23(14-27)8-10-28-21(30)19(25-26-22(23)28)16-3-5-18(31-2)6-4-16/h3-6,11-13H,7-10,14H2,1-2H3/t23-/m1/s1. The van der Waals surface area contributed by atoms with Crippen LogP contribution < -0.4 is 10.3 Å². The van der Waals surface area contributed by atoms with Gasteiger partial charge in [-0.15, -0.1) is 10.2 Å². The minimum absolute atomic E-state index is 0.0308. The summed E-state index contributed by atoms with van der Waals surface area (Å²) in [5.41, 5.74) is 2.13. The number of carbonyl (C=O) groups is 1. The number of fused-ring (bicyclic) bond motifs is 2. The SMILES string of the molecule is COc1ccc(-c2nnc3n(c2=O)CC[C@@]32CCN(C(=O)c3cncc(C)c3)C2)cc1. The lowest BCUT2D eigenvalue weighted by atomic mass is 9.85. The molecular weight excluding hydrogens is 394 g/mol. The summed E-state index contributed by atoms with van der Waals surface area (Å²) in [6.07, 6.45) is 4.89. The third kappa shape index (κ3) is 3.19. The van der Waals surface area contributed by atoms with Gasteiger partial charge in [-0.25, -0.2) is 0 Å². The zero-order valence-corrected chi connectivity index (χ0v) is 17.5. The molecule has 1 aromatic carbocycles. The number of likely N-dealkylation sites (tertiary alicyclic amines) is 1. The number of aryl methyl sites for hydroxylation is 1. The molecule has 31 heavy (non-hydrogen) atoms. The van der Waals surface area contributed by atoms with Gasteiger partial charge in [0, 0.05) is 37.6 Å². The Morgan fingerprint density at radius 2 is 1.87 bits per heavy atom. The van der Waals surface area contributed by atoms with Gasteiger partial charge in [-0.3, -0.25) is 19.1 Å². The van der Waals surface area contributed by atoms with Crippen molar-refractivity contribution in [2.75, 3.05) is 20.2 Å². The van der Waals surface area contributed by atoms with Crippen molar-refractivity contribution in [1.29, 1.82) is 0 Å². The molecule has 4 heterocycles. The van der Waals surface area contributed by atoms with Crippen LogP contribution in [0.1, 0.15) is 34.6 Å². The number of methoxy groups -OCH3 is 1. The van der Waals surface area contributed by atoms with Crippen LogP contribution in [0.25, 0.3) is 11.3 Å². The average molecular weight is 417 g/mol. The van der Waals surface area contributed by atoms with E-state index in [1.165, 1.54) is 0 Å². The highest BCUT2D eigenvalue weighted by Crippen LogP contribution is 2.41. The molecule has 0 aliphatic carbocycles. The molecule has 0 N–H and O–H groups in total. The molecule has 1 saturated heterocycles. The number of pyridine rings is 1. The summed E-state index contributed by atoms with van der Waals surface area (Å²) in [5, 5.41) is 8.78.